The van der Waals surface area contributed by atoms with Crippen molar-refractivity contribution in [2.24, 2.45) is 5.92 Å². The van der Waals surface area contributed by atoms with Crippen molar-refractivity contribution in [3.63, 3.8) is 0 Å². The summed E-state index contributed by atoms with van der Waals surface area (Å²) in [5, 5.41) is 1.11. The molecule has 2 aromatic carbocycles. The van der Waals surface area contributed by atoms with Crippen molar-refractivity contribution in [2.75, 3.05) is 39.5 Å². The van der Waals surface area contributed by atoms with Crippen molar-refractivity contribution < 1.29 is 18.7 Å². The maximum Gasteiger partial charge on any atom is 0.233 e. The molecule has 3 heterocycles. The molecule has 33 heavy (non-hydrogen) atoms. The number of nitrogens with zero attached hydrogens (tertiary/aromatic N) is 1. The molecule has 5 heteroatoms. The second-order valence-corrected chi connectivity index (χ2v) is 9.76. The van der Waals surface area contributed by atoms with Gasteiger partial charge in [0, 0.05) is 37.6 Å². The molecule has 1 unspecified atom stereocenters. The number of hydrogen-bond donors (Lipinski definition) is 0. The minimum Gasteiger partial charge on any atom is -0.464 e. The Morgan fingerprint density at radius 3 is 2.58 bits per heavy atom. The number of aryl methyl sites for hydroxylation is 2. The summed E-state index contributed by atoms with van der Waals surface area (Å²) in [6.45, 7) is 8.06. The van der Waals surface area contributed by atoms with Crippen molar-refractivity contribution in [2.45, 2.75) is 38.5 Å². The minimum atomic E-state index is -0.517. The Balaban J connectivity index is 1.40. The largest absolute Gasteiger partial charge is 0.464 e. The van der Waals surface area contributed by atoms with Gasteiger partial charge in [0.2, 0.25) is 5.91 Å². The zero-order chi connectivity index (χ0) is 22.8. The quantitative estimate of drug-likeness (QED) is 0.576. The lowest BCUT2D eigenvalue weighted by molar-refractivity contribution is -0.141. The maximum absolute atomic E-state index is 14.2. The predicted octanol–water partition coefficient (Wildman–Crippen LogP) is 4.82. The molecule has 0 N–H and O–H groups in total. The van der Waals surface area contributed by atoms with E-state index >= 15 is 0 Å². The summed E-state index contributed by atoms with van der Waals surface area (Å²) in [6, 6.07) is 14.9. The third kappa shape index (κ3) is 4.57. The highest BCUT2D eigenvalue weighted by Crippen LogP contribution is 2.38. The molecule has 0 bridgehead atoms. The van der Waals surface area contributed by atoms with Gasteiger partial charge >= 0.3 is 0 Å². The van der Waals surface area contributed by atoms with Gasteiger partial charge in [-0.2, -0.15) is 0 Å². The number of furan rings is 1. The topological polar surface area (TPSA) is 51.9 Å². The van der Waals surface area contributed by atoms with Crippen LogP contribution >= 0.6 is 0 Å². The lowest BCUT2D eigenvalue weighted by Gasteiger charge is -2.40. The first kappa shape index (κ1) is 22.2. The van der Waals surface area contributed by atoms with E-state index in [1.54, 1.807) is 6.26 Å². The highest BCUT2D eigenvalue weighted by atomic mass is 16.5. The van der Waals surface area contributed by atoms with Gasteiger partial charge in [-0.3, -0.25) is 4.79 Å². The Morgan fingerprint density at radius 2 is 1.79 bits per heavy atom. The van der Waals surface area contributed by atoms with Crippen LogP contribution in [0.15, 0.2) is 53.1 Å². The van der Waals surface area contributed by atoms with Gasteiger partial charge in [-0.1, -0.05) is 41.5 Å². The van der Waals surface area contributed by atoms with E-state index in [9.17, 15) is 4.79 Å². The van der Waals surface area contributed by atoms with E-state index in [0.29, 0.717) is 39.5 Å². The van der Waals surface area contributed by atoms with E-state index in [1.165, 1.54) is 16.7 Å². The molecule has 0 radical (unpaired) electrons. The second-order valence-electron chi connectivity index (χ2n) is 9.76. The fraction of sp³-hybridized carbons (Fsp3) is 0.464. The summed E-state index contributed by atoms with van der Waals surface area (Å²) in [6.07, 6.45) is 4.04. The third-order valence-corrected chi connectivity index (χ3v) is 7.20. The highest BCUT2D eigenvalue weighted by molar-refractivity contribution is 5.88. The number of amides is 1. The number of carbonyl (C=O) groups is 1. The van der Waals surface area contributed by atoms with Gasteiger partial charge in [-0.15, -0.1) is 0 Å². The summed E-state index contributed by atoms with van der Waals surface area (Å²) in [5.41, 5.74) is 5.15. The normalized spacial score (nSPS) is 21.2. The van der Waals surface area contributed by atoms with Crippen LogP contribution in [0.1, 0.15) is 35.1 Å². The molecule has 3 aromatic rings. The van der Waals surface area contributed by atoms with Crippen LogP contribution in [0.2, 0.25) is 0 Å². The molecule has 2 fully saturated rings. The number of fused-ring (bicyclic) bond motifs is 1. The molecular formula is C28H33NO4. The highest BCUT2D eigenvalue weighted by Gasteiger charge is 2.44. The molecule has 5 nitrogen and oxygen atoms in total. The SMILES string of the molecule is Cc1cc(C)cc(C2(C(=O)N3CCOCC(Cc4ccc5ccoc5c4)C3)CCOCC2)c1. The van der Waals surface area contributed by atoms with Gasteiger partial charge in [0.05, 0.1) is 24.9 Å². The number of benzene rings is 2. The first-order chi connectivity index (χ1) is 16.0. The summed E-state index contributed by atoms with van der Waals surface area (Å²) in [4.78, 5) is 16.3. The van der Waals surface area contributed by atoms with Crippen LogP contribution < -0.4 is 0 Å². The monoisotopic (exact) mass is 447 g/mol. The number of rotatable bonds is 4. The Kier molecular flexibility index (Phi) is 6.26. The average molecular weight is 448 g/mol. The first-order valence-electron chi connectivity index (χ1n) is 12.0. The third-order valence-electron chi connectivity index (χ3n) is 7.20. The van der Waals surface area contributed by atoms with Crippen molar-refractivity contribution in [3.8, 4) is 0 Å². The molecule has 0 aliphatic carbocycles. The average Bonchev–Trinajstić information content (AvgIpc) is 3.16. The van der Waals surface area contributed by atoms with E-state index in [1.807, 2.05) is 6.07 Å². The van der Waals surface area contributed by atoms with Crippen molar-refractivity contribution >= 4 is 16.9 Å². The van der Waals surface area contributed by atoms with Crippen molar-refractivity contribution in [3.05, 3.63) is 71.0 Å². The van der Waals surface area contributed by atoms with Gasteiger partial charge in [0.25, 0.3) is 0 Å². The first-order valence-corrected chi connectivity index (χ1v) is 12.0. The lowest BCUT2D eigenvalue weighted by Crippen LogP contribution is -2.51. The van der Waals surface area contributed by atoms with Crippen LogP contribution in [0.5, 0.6) is 0 Å². The zero-order valence-corrected chi connectivity index (χ0v) is 19.6. The van der Waals surface area contributed by atoms with Gasteiger partial charge in [0.15, 0.2) is 0 Å². The molecule has 174 valence electrons. The van der Waals surface area contributed by atoms with Crippen LogP contribution in [-0.2, 0) is 26.1 Å². The van der Waals surface area contributed by atoms with Gasteiger partial charge in [0.1, 0.15) is 5.58 Å². The summed E-state index contributed by atoms with van der Waals surface area (Å²) < 4.78 is 17.2. The molecule has 5 rings (SSSR count). The zero-order valence-electron chi connectivity index (χ0n) is 19.6. The second kappa shape index (κ2) is 9.32. The van der Waals surface area contributed by atoms with Crippen LogP contribution in [0.3, 0.4) is 0 Å². The van der Waals surface area contributed by atoms with E-state index in [2.05, 4.69) is 55.1 Å². The summed E-state index contributed by atoms with van der Waals surface area (Å²) in [5.74, 6) is 0.479. The molecule has 2 aliphatic rings. The Labute approximate surface area is 195 Å². The molecular weight excluding hydrogens is 414 g/mol. The number of carbonyl (C=O) groups excluding carboxylic acids is 1. The molecule has 1 aromatic heterocycles. The molecule has 2 saturated heterocycles. The van der Waals surface area contributed by atoms with Gasteiger partial charge in [-0.05, 0) is 56.4 Å². The molecule has 1 amide bonds. The fourth-order valence-corrected chi connectivity index (χ4v) is 5.55. The Morgan fingerprint density at radius 1 is 1.00 bits per heavy atom. The molecule has 0 spiro atoms. The Bertz CT molecular complexity index is 1110. The summed E-state index contributed by atoms with van der Waals surface area (Å²) in [7, 11) is 0. The number of hydrogen-bond acceptors (Lipinski definition) is 4. The number of ether oxygens (including phenoxy) is 2. The fourth-order valence-electron chi connectivity index (χ4n) is 5.55. The van der Waals surface area contributed by atoms with Gasteiger partial charge in [-0.25, -0.2) is 0 Å². The standard InChI is InChI=1S/C28H33NO4/c1-20-13-21(2)15-25(14-20)28(6-10-31-11-7-28)27(30)29-8-12-32-19-23(18-29)16-22-3-4-24-5-9-33-26(24)17-22/h3-5,9,13-15,17,23H,6-8,10-12,16,18-19H2,1-2H3. The van der Waals surface area contributed by atoms with Crippen LogP contribution in [0.4, 0.5) is 0 Å². The molecule has 2 aliphatic heterocycles. The van der Waals surface area contributed by atoms with Crippen molar-refractivity contribution in [1.82, 2.24) is 4.90 Å². The van der Waals surface area contributed by atoms with Crippen LogP contribution in [-0.4, -0.2) is 50.3 Å². The smallest absolute Gasteiger partial charge is 0.233 e. The minimum absolute atomic E-state index is 0.229. The van der Waals surface area contributed by atoms with Crippen molar-refractivity contribution in [1.29, 1.82) is 0 Å². The summed E-state index contributed by atoms with van der Waals surface area (Å²) >= 11 is 0. The van der Waals surface area contributed by atoms with Gasteiger partial charge < -0.3 is 18.8 Å². The van der Waals surface area contributed by atoms with Crippen LogP contribution in [0, 0.1) is 19.8 Å². The van der Waals surface area contributed by atoms with E-state index in [4.69, 9.17) is 13.9 Å². The molecule has 0 saturated carbocycles. The van der Waals surface area contributed by atoms with E-state index < -0.39 is 5.41 Å². The predicted molar refractivity (Wildman–Crippen MR) is 128 cm³/mol. The van der Waals surface area contributed by atoms with Crippen LogP contribution in [0.25, 0.3) is 11.0 Å². The molecule has 1 atom stereocenters. The maximum atomic E-state index is 14.2. The van der Waals surface area contributed by atoms with E-state index in [0.717, 1.165) is 35.8 Å². The van der Waals surface area contributed by atoms with E-state index in [-0.39, 0.29) is 11.8 Å². The Hall–Kier alpha value is -2.63. The lowest BCUT2D eigenvalue weighted by atomic mass is 9.72.